The van der Waals surface area contributed by atoms with E-state index in [0.29, 0.717) is 18.8 Å². The minimum Gasteiger partial charge on any atom is -0.482 e. The summed E-state index contributed by atoms with van der Waals surface area (Å²) in [7, 11) is 0. The molecule has 1 aliphatic heterocycles. The number of esters is 1. The summed E-state index contributed by atoms with van der Waals surface area (Å²) < 4.78 is 23.9. The zero-order valence-corrected chi connectivity index (χ0v) is 16.6. The van der Waals surface area contributed by atoms with Crippen LogP contribution in [-0.2, 0) is 19.1 Å². The van der Waals surface area contributed by atoms with Crippen LogP contribution < -0.4 is 9.64 Å². The molecule has 0 fully saturated rings. The first-order valence-corrected chi connectivity index (χ1v) is 9.48. The molecule has 0 saturated carbocycles. The molecule has 0 spiro atoms. The summed E-state index contributed by atoms with van der Waals surface area (Å²) in [6.07, 6.45) is 0. The molecule has 0 aliphatic carbocycles. The molecule has 156 valence electrons. The summed E-state index contributed by atoms with van der Waals surface area (Å²) in [5, 5.41) is 0. The molecular formula is C22H21FN2O5. The maximum absolute atomic E-state index is 13.3. The number of halogens is 1. The van der Waals surface area contributed by atoms with Crippen molar-refractivity contribution < 1.29 is 28.2 Å². The van der Waals surface area contributed by atoms with Crippen molar-refractivity contribution in [2.75, 3.05) is 24.6 Å². The Labute approximate surface area is 173 Å². The van der Waals surface area contributed by atoms with Gasteiger partial charge in [-0.25, -0.2) is 14.1 Å². The lowest BCUT2D eigenvalue weighted by Gasteiger charge is -2.22. The zero-order valence-electron chi connectivity index (χ0n) is 16.6. The van der Waals surface area contributed by atoms with Gasteiger partial charge in [-0.2, -0.15) is 0 Å². The van der Waals surface area contributed by atoms with E-state index in [1.807, 2.05) is 13.8 Å². The van der Waals surface area contributed by atoms with E-state index in [2.05, 4.69) is 0 Å². The molecule has 8 heteroatoms. The number of amides is 2. The van der Waals surface area contributed by atoms with Gasteiger partial charge in [-0.3, -0.25) is 9.59 Å². The van der Waals surface area contributed by atoms with Gasteiger partial charge < -0.3 is 14.4 Å². The Morgan fingerprint density at radius 2 is 1.60 bits per heavy atom. The predicted octanol–water partition coefficient (Wildman–Crippen LogP) is 2.87. The van der Waals surface area contributed by atoms with E-state index < -0.39 is 30.2 Å². The maximum atomic E-state index is 13.3. The molecule has 3 rings (SSSR count). The molecule has 7 nitrogen and oxygen atoms in total. The number of benzene rings is 2. The van der Waals surface area contributed by atoms with Crippen LogP contribution in [0.15, 0.2) is 66.1 Å². The van der Waals surface area contributed by atoms with Gasteiger partial charge in [0.1, 0.15) is 11.6 Å². The molecule has 0 bridgehead atoms. The van der Waals surface area contributed by atoms with Crippen molar-refractivity contribution in [3.63, 3.8) is 0 Å². The van der Waals surface area contributed by atoms with E-state index in [4.69, 9.17) is 9.47 Å². The molecule has 0 saturated heterocycles. The second-order valence-electron chi connectivity index (χ2n) is 6.35. The minimum absolute atomic E-state index is 0.0117. The Morgan fingerprint density at radius 3 is 2.20 bits per heavy atom. The summed E-state index contributed by atoms with van der Waals surface area (Å²) in [5.74, 6) is -2.65. The van der Waals surface area contributed by atoms with Crippen LogP contribution in [0.3, 0.4) is 0 Å². The molecule has 0 unspecified atom stereocenters. The number of rotatable bonds is 8. The molecule has 30 heavy (non-hydrogen) atoms. The van der Waals surface area contributed by atoms with Gasteiger partial charge in [0.25, 0.3) is 5.91 Å². The van der Waals surface area contributed by atoms with Crippen molar-refractivity contribution in [1.82, 2.24) is 4.90 Å². The van der Waals surface area contributed by atoms with Crippen LogP contribution in [0.1, 0.15) is 13.8 Å². The number of imide groups is 1. The molecule has 1 aliphatic rings. The van der Waals surface area contributed by atoms with E-state index >= 15 is 0 Å². The highest BCUT2D eigenvalue weighted by molar-refractivity contribution is 6.32. The SMILES string of the molecule is CCN(CC)C1=C(OC(=O)COc2ccccc2)C(=O)N(c2ccc(F)cc2)C1=O. The molecule has 2 aromatic carbocycles. The minimum atomic E-state index is -0.819. The normalized spacial score (nSPS) is 13.6. The standard InChI is InChI=1S/C22H21FN2O5/c1-3-24(4-2)19-20(30-18(26)14-29-17-8-6-5-7-9-17)22(28)25(21(19)27)16-12-10-15(23)11-13-16/h5-13H,3-4,14H2,1-2H3. The lowest BCUT2D eigenvalue weighted by atomic mass is 10.3. The lowest BCUT2D eigenvalue weighted by molar-refractivity contribution is -0.144. The quantitative estimate of drug-likeness (QED) is 0.490. The number of hydrogen-bond donors (Lipinski definition) is 0. The second-order valence-corrected chi connectivity index (χ2v) is 6.35. The number of nitrogens with zero attached hydrogens (tertiary/aromatic N) is 2. The van der Waals surface area contributed by atoms with E-state index in [0.717, 1.165) is 17.0 Å². The number of ether oxygens (including phenoxy) is 2. The number of carbonyl (C=O) groups excluding carboxylic acids is 3. The van der Waals surface area contributed by atoms with Crippen molar-refractivity contribution in [1.29, 1.82) is 0 Å². The van der Waals surface area contributed by atoms with Gasteiger partial charge >= 0.3 is 11.9 Å². The number of hydrogen-bond acceptors (Lipinski definition) is 6. The smallest absolute Gasteiger partial charge is 0.349 e. The van der Waals surface area contributed by atoms with Gasteiger partial charge in [-0.05, 0) is 50.2 Å². The molecular weight excluding hydrogens is 391 g/mol. The molecule has 0 N–H and O–H groups in total. The largest absolute Gasteiger partial charge is 0.482 e. The van der Waals surface area contributed by atoms with E-state index in [1.165, 1.54) is 12.1 Å². The van der Waals surface area contributed by atoms with Crippen LogP contribution in [0.2, 0.25) is 0 Å². The Balaban J connectivity index is 1.85. The fraction of sp³-hybridized carbons (Fsp3) is 0.227. The summed E-state index contributed by atoms with van der Waals surface area (Å²) in [5.41, 5.74) is 0.171. The van der Waals surface area contributed by atoms with Crippen molar-refractivity contribution in [3.05, 3.63) is 71.9 Å². The van der Waals surface area contributed by atoms with Crippen LogP contribution in [-0.4, -0.2) is 42.4 Å². The molecule has 0 atom stereocenters. The predicted molar refractivity (Wildman–Crippen MR) is 107 cm³/mol. The first-order valence-electron chi connectivity index (χ1n) is 9.48. The second kappa shape index (κ2) is 9.21. The molecule has 0 radical (unpaired) electrons. The van der Waals surface area contributed by atoms with Crippen molar-refractivity contribution in [2.45, 2.75) is 13.8 Å². The summed E-state index contributed by atoms with van der Waals surface area (Å²) >= 11 is 0. The van der Waals surface area contributed by atoms with E-state index in [1.54, 1.807) is 35.2 Å². The zero-order chi connectivity index (χ0) is 21.7. The fourth-order valence-electron chi connectivity index (χ4n) is 3.04. The summed E-state index contributed by atoms with van der Waals surface area (Å²) in [4.78, 5) is 40.8. The summed E-state index contributed by atoms with van der Waals surface area (Å²) in [6.45, 7) is 4.03. The molecule has 0 aromatic heterocycles. The lowest BCUT2D eigenvalue weighted by Crippen LogP contribution is -2.35. The van der Waals surface area contributed by atoms with Gasteiger partial charge in [-0.1, -0.05) is 18.2 Å². The average molecular weight is 412 g/mol. The third-order valence-electron chi connectivity index (χ3n) is 4.50. The van der Waals surface area contributed by atoms with Gasteiger partial charge in [0.05, 0.1) is 5.69 Å². The van der Waals surface area contributed by atoms with Gasteiger partial charge in [0.2, 0.25) is 5.76 Å². The average Bonchev–Trinajstić information content (AvgIpc) is 2.99. The highest BCUT2D eigenvalue weighted by atomic mass is 19.1. The Kier molecular flexibility index (Phi) is 6.46. The summed E-state index contributed by atoms with van der Waals surface area (Å²) in [6, 6.07) is 13.6. The maximum Gasteiger partial charge on any atom is 0.349 e. The first-order chi connectivity index (χ1) is 14.5. The number of para-hydroxylation sites is 1. The van der Waals surface area contributed by atoms with E-state index in [9.17, 15) is 18.8 Å². The van der Waals surface area contributed by atoms with Crippen molar-refractivity contribution in [3.8, 4) is 5.75 Å². The van der Waals surface area contributed by atoms with Crippen LogP contribution >= 0.6 is 0 Å². The first kappa shape index (κ1) is 21.0. The van der Waals surface area contributed by atoms with Crippen LogP contribution in [0, 0.1) is 5.82 Å². The van der Waals surface area contributed by atoms with Crippen molar-refractivity contribution >= 4 is 23.5 Å². The van der Waals surface area contributed by atoms with Gasteiger partial charge in [-0.15, -0.1) is 0 Å². The fourth-order valence-corrected chi connectivity index (χ4v) is 3.04. The Bertz CT molecular complexity index is 969. The van der Waals surface area contributed by atoms with Crippen LogP contribution in [0.25, 0.3) is 0 Å². The van der Waals surface area contributed by atoms with Gasteiger partial charge in [0, 0.05) is 13.1 Å². The highest BCUT2D eigenvalue weighted by Gasteiger charge is 2.44. The number of carbonyl (C=O) groups is 3. The number of likely N-dealkylation sites (N-methyl/N-ethyl adjacent to an activating group) is 1. The van der Waals surface area contributed by atoms with E-state index in [-0.39, 0.29) is 17.1 Å². The Hall–Kier alpha value is -3.68. The number of anilines is 1. The molecule has 1 heterocycles. The molecule has 2 amide bonds. The monoisotopic (exact) mass is 412 g/mol. The third kappa shape index (κ3) is 4.32. The van der Waals surface area contributed by atoms with Crippen LogP contribution in [0.5, 0.6) is 5.75 Å². The van der Waals surface area contributed by atoms with Crippen LogP contribution in [0.4, 0.5) is 10.1 Å². The topological polar surface area (TPSA) is 76.2 Å². The third-order valence-corrected chi connectivity index (χ3v) is 4.50. The van der Waals surface area contributed by atoms with Crippen molar-refractivity contribution in [2.24, 2.45) is 0 Å². The highest BCUT2D eigenvalue weighted by Crippen LogP contribution is 2.30. The van der Waals surface area contributed by atoms with Gasteiger partial charge in [0.15, 0.2) is 12.3 Å². The Morgan fingerprint density at radius 1 is 0.967 bits per heavy atom. The molecule has 2 aromatic rings.